The van der Waals surface area contributed by atoms with E-state index >= 15 is 0 Å². The van der Waals surface area contributed by atoms with Crippen molar-refractivity contribution in [3.63, 3.8) is 0 Å². The lowest BCUT2D eigenvalue weighted by Gasteiger charge is -2.31. The van der Waals surface area contributed by atoms with E-state index in [2.05, 4.69) is 14.8 Å². The van der Waals surface area contributed by atoms with Gasteiger partial charge >= 0.3 is 6.36 Å². The lowest BCUT2D eigenvalue weighted by atomic mass is 10.1. The predicted molar refractivity (Wildman–Crippen MR) is 101 cm³/mol. The summed E-state index contributed by atoms with van der Waals surface area (Å²) in [6, 6.07) is 3.27. The minimum atomic E-state index is -4.89. The first kappa shape index (κ1) is 24.4. The van der Waals surface area contributed by atoms with Gasteiger partial charge in [-0.2, -0.15) is 0 Å². The van der Waals surface area contributed by atoms with E-state index < -0.39 is 38.1 Å². The predicted octanol–water partition coefficient (Wildman–Crippen LogP) is 0.794. The van der Waals surface area contributed by atoms with E-state index in [1.807, 2.05) is 0 Å². The average Bonchev–Trinajstić information content (AvgIpc) is 2.60. The molecule has 2 N–H and O–H groups in total. The molecule has 30 heavy (non-hydrogen) atoms. The van der Waals surface area contributed by atoms with Crippen molar-refractivity contribution in [3.05, 3.63) is 24.3 Å². The molecule has 1 aliphatic heterocycles. The van der Waals surface area contributed by atoms with Gasteiger partial charge in [0.15, 0.2) is 0 Å². The number of halogens is 3. The fraction of sp³-hybridized carbons (Fsp3) is 0.562. The molecule has 1 saturated heterocycles. The third kappa shape index (κ3) is 7.74. The van der Waals surface area contributed by atoms with Crippen LogP contribution in [0.3, 0.4) is 0 Å². The highest BCUT2D eigenvalue weighted by molar-refractivity contribution is 7.89. The molecule has 1 unspecified atom stereocenters. The molecular weight excluding hydrogens is 451 g/mol. The first-order chi connectivity index (χ1) is 13.8. The van der Waals surface area contributed by atoms with Crippen molar-refractivity contribution in [1.29, 1.82) is 0 Å². The number of benzene rings is 1. The van der Waals surface area contributed by atoms with Gasteiger partial charge in [-0.3, -0.25) is 4.79 Å². The van der Waals surface area contributed by atoms with Gasteiger partial charge in [0.05, 0.1) is 11.2 Å². The number of carbonyl (C=O) groups excluding carboxylic acids is 1. The summed E-state index contributed by atoms with van der Waals surface area (Å²) in [6.07, 6.45) is -2.78. The molecular formula is C16H22F3N3O6S2. The van der Waals surface area contributed by atoms with Crippen molar-refractivity contribution in [2.45, 2.75) is 36.6 Å². The van der Waals surface area contributed by atoms with Crippen LogP contribution in [0.15, 0.2) is 29.2 Å². The molecule has 0 aromatic heterocycles. The number of rotatable bonds is 8. The van der Waals surface area contributed by atoms with Crippen LogP contribution in [0.5, 0.6) is 5.75 Å². The number of sulfonamides is 2. The number of carbonyl (C=O) groups is 1. The molecule has 0 spiro atoms. The summed E-state index contributed by atoms with van der Waals surface area (Å²) in [5.41, 5.74) is 0. The zero-order valence-corrected chi connectivity index (χ0v) is 17.6. The lowest BCUT2D eigenvalue weighted by Crippen LogP contribution is -2.49. The highest BCUT2D eigenvalue weighted by atomic mass is 32.2. The molecule has 0 bridgehead atoms. The van der Waals surface area contributed by atoms with Gasteiger partial charge in [0.2, 0.25) is 26.0 Å². The molecule has 1 aliphatic rings. The Balaban J connectivity index is 1.83. The average molecular weight is 473 g/mol. The summed E-state index contributed by atoms with van der Waals surface area (Å²) in [5.74, 6) is -1.01. The first-order valence-corrected chi connectivity index (χ1v) is 12.2. The molecule has 1 amide bonds. The van der Waals surface area contributed by atoms with Gasteiger partial charge in [-0.05, 0) is 37.1 Å². The van der Waals surface area contributed by atoms with E-state index in [4.69, 9.17) is 0 Å². The Kier molecular flexibility index (Phi) is 7.71. The van der Waals surface area contributed by atoms with E-state index in [1.54, 1.807) is 0 Å². The van der Waals surface area contributed by atoms with Crippen molar-refractivity contribution in [1.82, 2.24) is 14.3 Å². The maximum Gasteiger partial charge on any atom is 0.573 e. The van der Waals surface area contributed by atoms with Crippen molar-refractivity contribution in [3.8, 4) is 5.75 Å². The molecule has 9 nitrogen and oxygen atoms in total. The van der Waals surface area contributed by atoms with Crippen LogP contribution in [-0.2, 0) is 24.8 Å². The molecule has 0 radical (unpaired) electrons. The van der Waals surface area contributed by atoms with Crippen LogP contribution in [0.25, 0.3) is 0 Å². The molecule has 1 aromatic carbocycles. The summed E-state index contributed by atoms with van der Waals surface area (Å²) < 4.78 is 91.1. The van der Waals surface area contributed by atoms with Crippen molar-refractivity contribution in [2.24, 2.45) is 0 Å². The number of ether oxygens (including phenoxy) is 1. The van der Waals surface area contributed by atoms with Crippen LogP contribution < -0.4 is 14.8 Å². The molecule has 1 heterocycles. The van der Waals surface area contributed by atoms with E-state index in [-0.39, 0.29) is 30.4 Å². The Labute approximate surface area is 172 Å². The fourth-order valence-electron chi connectivity index (χ4n) is 2.86. The van der Waals surface area contributed by atoms with Crippen LogP contribution in [-0.4, -0.2) is 65.3 Å². The topological polar surface area (TPSA) is 122 Å². The third-order valence-electron chi connectivity index (χ3n) is 4.23. The summed E-state index contributed by atoms with van der Waals surface area (Å²) in [6.45, 7) is 0.304. The van der Waals surface area contributed by atoms with Crippen LogP contribution in [0.1, 0.15) is 19.3 Å². The lowest BCUT2D eigenvalue weighted by molar-refractivity contribution is -0.274. The van der Waals surface area contributed by atoms with Crippen LogP contribution in [0, 0.1) is 0 Å². The van der Waals surface area contributed by atoms with Gasteiger partial charge in [0.1, 0.15) is 5.75 Å². The highest BCUT2D eigenvalue weighted by Crippen LogP contribution is 2.23. The Morgan fingerprint density at radius 2 is 1.83 bits per heavy atom. The molecule has 0 aliphatic carbocycles. The van der Waals surface area contributed by atoms with Crippen molar-refractivity contribution >= 4 is 26.0 Å². The minimum Gasteiger partial charge on any atom is -0.406 e. The molecule has 170 valence electrons. The zero-order valence-electron chi connectivity index (χ0n) is 16.0. The normalized spacial score (nSPS) is 18.7. The van der Waals surface area contributed by atoms with Crippen molar-refractivity contribution in [2.75, 3.05) is 25.9 Å². The largest absolute Gasteiger partial charge is 0.573 e. The number of nitrogens with one attached hydrogen (secondary N) is 2. The Morgan fingerprint density at radius 1 is 1.20 bits per heavy atom. The first-order valence-electron chi connectivity index (χ1n) is 8.86. The maximum atomic E-state index is 12.2. The maximum absolute atomic E-state index is 12.2. The van der Waals surface area contributed by atoms with Crippen LogP contribution >= 0.6 is 0 Å². The molecule has 1 fully saturated rings. The molecule has 2 rings (SSSR count). The number of hydrogen-bond acceptors (Lipinski definition) is 6. The van der Waals surface area contributed by atoms with Crippen LogP contribution in [0.2, 0.25) is 0 Å². The summed E-state index contributed by atoms with van der Waals surface area (Å²) in [7, 11) is -7.39. The van der Waals surface area contributed by atoms with Gasteiger partial charge in [-0.15, -0.1) is 13.2 Å². The van der Waals surface area contributed by atoms with Crippen LogP contribution in [0.4, 0.5) is 13.2 Å². The van der Waals surface area contributed by atoms with Gasteiger partial charge in [-0.1, -0.05) is 0 Å². The van der Waals surface area contributed by atoms with Crippen molar-refractivity contribution < 1.29 is 39.5 Å². The van der Waals surface area contributed by atoms with E-state index in [0.29, 0.717) is 19.4 Å². The van der Waals surface area contributed by atoms with E-state index in [9.17, 15) is 34.8 Å². The number of piperidine rings is 1. The molecule has 0 saturated carbocycles. The SMILES string of the molecule is CS(=O)(=O)N1CCCC(NC(=O)CCNS(=O)(=O)c2ccc(OC(F)(F)F)cc2)C1. The van der Waals surface area contributed by atoms with E-state index in [0.717, 1.165) is 30.5 Å². The quantitative estimate of drug-likeness (QED) is 0.576. The third-order valence-corrected chi connectivity index (χ3v) is 6.98. The summed E-state index contributed by atoms with van der Waals surface area (Å²) >= 11 is 0. The van der Waals surface area contributed by atoms with Gasteiger partial charge in [0, 0.05) is 32.1 Å². The Hall–Kier alpha value is -1.90. The molecule has 1 atom stereocenters. The second-order valence-electron chi connectivity index (χ2n) is 6.69. The fourth-order valence-corrected chi connectivity index (χ4v) is 4.81. The molecule has 1 aromatic rings. The number of hydrogen-bond donors (Lipinski definition) is 2. The zero-order chi connectivity index (χ0) is 22.6. The van der Waals surface area contributed by atoms with Gasteiger partial charge in [-0.25, -0.2) is 25.9 Å². The number of alkyl halides is 3. The number of amides is 1. The molecule has 14 heteroatoms. The van der Waals surface area contributed by atoms with Gasteiger partial charge < -0.3 is 10.1 Å². The Morgan fingerprint density at radius 3 is 2.40 bits per heavy atom. The monoisotopic (exact) mass is 473 g/mol. The second-order valence-corrected chi connectivity index (χ2v) is 10.4. The minimum absolute atomic E-state index is 0.155. The Bertz CT molecular complexity index is 949. The number of nitrogens with zero attached hydrogens (tertiary/aromatic N) is 1. The summed E-state index contributed by atoms with van der Waals surface area (Å²) in [4.78, 5) is 11.7. The highest BCUT2D eigenvalue weighted by Gasteiger charge is 2.31. The second kappa shape index (κ2) is 9.49. The van der Waals surface area contributed by atoms with E-state index in [1.165, 1.54) is 4.31 Å². The smallest absolute Gasteiger partial charge is 0.406 e. The summed E-state index contributed by atoms with van der Waals surface area (Å²) in [5, 5.41) is 2.67. The van der Waals surface area contributed by atoms with Gasteiger partial charge in [0.25, 0.3) is 0 Å². The standard InChI is InChI=1S/C16H22F3N3O6S2/c1-29(24,25)22-10-2-3-12(11-22)21-15(23)8-9-20-30(26,27)14-6-4-13(5-7-14)28-16(17,18)19/h4-7,12,20H,2-3,8-11H2,1H3,(H,21,23).